The fraction of sp³-hybridized carbons (Fsp3) is 0.500. The molecule has 4 aliphatic carbocycles. The van der Waals surface area contributed by atoms with Gasteiger partial charge in [-0.3, -0.25) is 4.79 Å². The molecule has 0 radical (unpaired) electrons. The Kier molecular flexibility index (Phi) is 7.13. The monoisotopic (exact) mass is 474 g/mol. The summed E-state index contributed by atoms with van der Waals surface area (Å²) in [5.41, 5.74) is 2.23. The zero-order valence-corrected chi connectivity index (χ0v) is 20.6. The Labute approximate surface area is 208 Å². The second-order valence-electron chi connectivity index (χ2n) is 10.3. The van der Waals surface area contributed by atoms with Gasteiger partial charge in [0.05, 0.1) is 6.61 Å². The van der Waals surface area contributed by atoms with Crippen molar-refractivity contribution >= 4 is 5.97 Å². The number of rotatable bonds is 8. The molecule has 4 bridgehead atoms. The molecule has 184 valence electrons. The standard InChI is InChI=1S/C30H34O5/c1-3-33-29(32-2)35-27-13-12-21(8-7-11-28(31)34-25-9-5-4-6-10-25)17-26(27)30-18-22-14-23(19-30)16-24(15-22)20-30/h4-6,9-10,12-13,17,22-24,29H,3,11,14-16,18-20H2,1-2H3. The third-order valence-electron chi connectivity index (χ3n) is 7.75. The summed E-state index contributed by atoms with van der Waals surface area (Å²) >= 11 is 0. The second kappa shape index (κ2) is 10.4. The molecule has 0 heterocycles. The Morgan fingerprint density at radius 3 is 2.34 bits per heavy atom. The first-order valence-electron chi connectivity index (χ1n) is 12.8. The van der Waals surface area contributed by atoms with Crippen LogP contribution in [0, 0.1) is 29.6 Å². The van der Waals surface area contributed by atoms with Gasteiger partial charge in [-0.1, -0.05) is 30.0 Å². The number of carbonyl (C=O) groups is 1. The number of hydrogen-bond donors (Lipinski definition) is 0. The van der Waals surface area contributed by atoms with Gasteiger partial charge in [-0.05, 0) is 98.9 Å². The molecule has 1 unspecified atom stereocenters. The number of esters is 1. The van der Waals surface area contributed by atoms with Crippen LogP contribution in [0.5, 0.6) is 11.5 Å². The molecule has 4 aliphatic rings. The molecule has 0 spiro atoms. The summed E-state index contributed by atoms with van der Waals surface area (Å²) in [6.07, 6.45) is 7.79. The summed E-state index contributed by atoms with van der Waals surface area (Å²) in [6, 6.07) is 15.2. The van der Waals surface area contributed by atoms with Crippen molar-refractivity contribution in [2.24, 2.45) is 17.8 Å². The molecule has 35 heavy (non-hydrogen) atoms. The second-order valence-corrected chi connectivity index (χ2v) is 10.3. The van der Waals surface area contributed by atoms with E-state index in [4.69, 9.17) is 18.9 Å². The van der Waals surface area contributed by atoms with Crippen molar-refractivity contribution in [1.82, 2.24) is 0 Å². The number of carbonyl (C=O) groups excluding carboxylic acids is 1. The van der Waals surface area contributed by atoms with Crippen molar-refractivity contribution in [3.05, 3.63) is 59.7 Å². The van der Waals surface area contributed by atoms with E-state index in [0.717, 1.165) is 29.1 Å². The Hall–Kier alpha value is -2.81. The molecule has 4 fully saturated rings. The van der Waals surface area contributed by atoms with Crippen molar-refractivity contribution in [3.63, 3.8) is 0 Å². The van der Waals surface area contributed by atoms with E-state index < -0.39 is 6.48 Å². The van der Waals surface area contributed by atoms with E-state index in [9.17, 15) is 4.79 Å². The lowest BCUT2D eigenvalue weighted by Gasteiger charge is -2.57. The van der Waals surface area contributed by atoms with E-state index in [1.165, 1.54) is 44.1 Å². The highest BCUT2D eigenvalue weighted by Crippen LogP contribution is 2.62. The minimum absolute atomic E-state index is 0.0376. The summed E-state index contributed by atoms with van der Waals surface area (Å²) in [4.78, 5) is 12.2. The average Bonchev–Trinajstić information content (AvgIpc) is 2.84. The van der Waals surface area contributed by atoms with Gasteiger partial charge in [-0.2, -0.15) is 0 Å². The molecule has 0 amide bonds. The summed E-state index contributed by atoms with van der Waals surface area (Å²) < 4.78 is 22.6. The molecule has 0 aromatic heterocycles. The van der Waals surface area contributed by atoms with E-state index in [1.54, 1.807) is 19.2 Å². The topological polar surface area (TPSA) is 54.0 Å². The quantitative estimate of drug-likeness (QED) is 0.208. The van der Waals surface area contributed by atoms with Crippen LogP contribution in [-0.4, -0.2) is 26.2 Å². The molecule has 6 rings (SSSR count). The fourth-order valence-electron chi connectivity index (χ4n) is 6.83. The number of ether oxygens (including phenoxy) is 4. The lowest BCUT2D eigenvalue weighted by atomic mass is 9.48. The van der Waals surface area contributed by atoms with Gasteiger partial charge in [0.1, 0.15) is 17.9 Å². The molecule has 2 aromatic carbocycles. The van der Waals surface area contributed by atoms with Crippen LogP contribution < -0.4 is 9.47 Å². The molecule has 0 saturated heterocycles. The SMILES string of the molecule is CCOC(OC)Oc1ccc(C#CCC(=O)Oc2ccccc2)cc1C12CC3CC(CC(C3)C1)C2. The Morgan fingerprint density at radius 1 is 1.03 bits per heavy atom. The van der Waals surface area contributed by atoms with Crippen molar-refractivity contribution in [3.8, 4) is 23.3 Å². The van der Waals surface area contributed by atoms with Gasteiger partial charge in [0.25, 0.3) is 0 Å². The summed E-state index contributed by atoms with van der Waals surface area (Å²) in [7, 11) is 1.60. The van der Waals surface area contributed by atoms with Crippen LogP contribution in [0.3, 0.4) is 0 Å². The van der Waals surface area contributed by atoms with Gasteiger partial charge < -0.3 is 18.9 Å². The molecule has 0 aliphatic heterocycles. The maximum atomic E-state index is 12.2. The van der Waals surface area contributed by atoms with E-state index in [0.29, 0.717) is 12.4 Å². The molecular formula is C30H34O5. The third kappa shape index (κ3) is 5.39. The summed E-state index contributed by atoms with van der Waals surface area (Å²) in [6.45, 7) is 1.70. The lowest BCUT2D eigenvalue weighted by Crippen LogP contribution is -2.48. The maximum Gasteiger partial charge on any atom is 0.323 e. The third-order valence-corrected chi connectivity index (χ3v) is 7.75. The predicted octanol–water partition coefficient (Wildman–Crippen LogP) is 5.85. The van der Waals surface area contributed by atoms with Gasteiger partial charge >= 0.3 is 12.4 Å². The van der Waals surface area contributed by atoms with Crippen LogP contribution in [0.1, 0.15) is 63.0 Å². The van der Waals surface area contributed by atoms with Crippen LogP contribution >= 0.6 is 0 Å². The van der Waals surface area contributed by atoms with Crippen molar-refractivity contribution in [2.45, 2.75) is 63.8 Å². The normalized spacial score (nSPS) is 27.1. The molecule has 4 saturated carbocycles. The van der Waals surface area contributed by atoms with Crippen molar-refractivity contribution in [1.29, 1.82) is 0 Å². The minimum atomic E-state index is -0.739. The minimum Gasteiger partial charge on any atom is -0.441 e. The number of hydrogen-bond acceptors (Lipinski definition) is 5. The number of benzene rings is 2. The first-order valence-corrected chi connectivity index (χ1v) is 12.8. The Balaban J connectivity index is 1.39. The van der Waals surface area contributed by atoms with Gasteiger partial charge in [0.2, 0.25) is 0 Å². The van der Waals surface area contributed by atoms with E-state index in [2.05, 4.69) is 17.9 Å². The number of para-hydroxylation sites is 1. The Morgan fingerprint density at radius 2 is 1.71 bits per heavy atom. The summed E-state index contributed by atoms with van der Waals surface area (Å²) in [5.74, 6) is 9.60. The Bertz CT molecular complexity index is 1060. The molecule has 5 heteroatoms. The predicted molar refractivity (Wildman–Crippen MR) is 133 cm³/mol. The lowest BCUT2D eigenvalue weighted by molar-refractivity contribution is -0.231. The van der Waals surface area contributed by atoms with Gasteiger partial charge in [-0.25, -0.2) is 0 Å². The first kappa shape index (κ1) is 23.9. The molecule has 5 nitrogen and oxygen atoms in total. The number of methoxy groups -OCH3 is 1. The molecule has 1 atom stereocenters. The zero-order valence-electron chi connectivity index (χ0n) is 20.6. The van der Waals surface area contributed by atoms with Crippen LogP contribution in [0.15, 0.2) is 48.5 Å². The molecule has 2 aromatic rings. The van der Waals surface area contributed by atoms with Crippen LogP contribution in [-0.2, 0) is 19.7 Å². The molecule has 0 N–H and O–H groups in total. The summed E-state index contributed by atoms with van der Waals surface area (Å²) in [5, 5.41) is 0. The van der Waals surface area contributed by atoms with Crippen molar-refractivity contribution in [2.75, 3.05) is 13.7 Å². The average molecular weight is 475 g/mol. The van der Waals surface area contributed by atoms with E-state index >= 15 is 0 Å². The van der Waals surface area contributed by atoms with Crippen LogP contribution in [0.25, 0.3) is 0 Å². The highest BCUT2D eigenvalue weighted by atomic mass is 16.8. The fourth-order valence-corrected chi connectivity index (χ4v) is 6.83. The smallest absolute Gasteiger partial charge is 0.323 e. The highest BCUT2D eigenvalue weighted by Gasteiger charge is 2.52. The highest BCUT2D eigenvalue weighted by molar-refractivity contribution is 5.75. The maximum absolute atomic E-state index is 12.2. The van der Waals surface area contributed by atoms with Gasteiger partial charge in [-0.15, -0.1) is 0 Å². The molecular weight excluding hydrogens is 440 g/mol. The van der Waals surface area contributed by atoms with E-state index in [1.807, 2.05) is 37.3 Å². The largest absolute Gasteiger partial charge is 0.441 e. The van der Waals surface area contributed by atoms with Gasteiger partial charge in [0.15, 0.2) is 0 Å². The van der Waals surface area contributed by atoms with Crippen LogP contribution in [0.4, 0.5) is 0 Å². The van der Waals surface area contributed by atoms with Crippen molar-refractivity contribution < 1.29 is 23.7 Å². The zero-order chi connectivity index (χ0) is 24.3. The van der Waals surface area contributed by atoms with Gasteiger partial charge in [0, 0.05) is 18.2 Å². The van der Waals surface area contributed by atoms with Crippen LogP contribution in [0.2, 0.25) is 0 Å². The van der Waals surface area contributed by atoms with E-state index in [-0.39, 0.29) is 17.8 Å². The first-order chi connectivity index (χ1) is 17.1.